The van der Waals surface area contributed by atoms with Crippen molar-refractivity contribution in [3.63, 3.8) is 0 Å². The molecule has 0 unspecified atom stereocenters. The van der Waals surface area contributed by atoms with Gasteiger partial charge in [0, 0.05) is 23.2 Å². The Balaban J connectivity index is 1.49. The van der Waals surface area contributed by atoms with E-state index in [0.29, 0.717) is 6.54 Å². The number of carbonyl (C=O) groups excluding carboxylic acids is 1. The summed E-state index contributed by atoms with van der Waals surface area (Å²) in [7, 11) is 0. The van der Waals surface area contributed by atoms with Gasteiger partial charge in [-0.05, 0) is 47.9 Å². The van der Waals surface area contributed by atoms with Gasteiger partial charge in [-0.3, -0.25) is 0 Å². The van der Waals surface area contributed by atoms with E-state index in [4.69, 9.17) is 0 Å². The highest BCUT2D eigenvalue weighted by Gasteiger charge is 2.14. The van der Waals surface area contributed by atoms with Crippen molar-refractivity contribution in [1.29, 1.82) is 0 Å². The maximum Gasteiger partial charge on any atom is 0.319 e. The molecule has 1 aliphatic carbocycles. The van der Waals surface area contributed by atoms with E-state index in [9.17, 15) is 4.79 Å². The molecule has 1 heterocycles. The average molecular weight is 346 g/mol. The van der Waals surface area contributed by atoms with E-state index in [0.717, 1.165) is 27.9 Å². The van der Waals surface area contributed by atoms with Crippen molar-refractivity contribution in [3.8, 4) is 5.69 Å². The summed E-state index contributed by atoms with van der Waals surface area (Å²) in [4.78, 5) is 12.1. The second-order valence-electron chi connectivity index (χ2n) is 5.91. The van der Waals surface area contributed by atoms with Crippen molar-refractivity contribution in [3.05, 3.63) is 30.1 Å². The number of hydrogen-bond donors (Lipinski definition) is 2. The van der Waals surface area contributed by atoms with Crippen LogP contribution in [-0.4, -0.2) is 43.8 Å². The number of amides is 2. The Hall–Kier alpha value is -2.09. The molecule has 7 nitrogen and oxygen atoms in total. The van der Waals surface area contributed by atoms with Gasteiger partial charge < -0.3 is 10.6 Å². The number of anilines is 1. The van der Waals surface area contributed by atoms with Crippen molar-refractivity contribution < 1.29 is 4.79 Å². The molecular formula is C16H22N6OS. The van der Waals surface area contributed by atoms with Crippen LogP contribution in [0.2, 0.25) is 0 Å². The van der Waals surface area contributed by atoms with Crippen LogP contribution in [0.15, 0.2) is 24.5 Å². The maximum absolute atomic E-state index is 12.1. The number of rotatable bonds is 6. The molecular weight excluding hydrogens is 324 g/mol. The highest BCUT2D eigenvalue weighted by Crippen LogP contribution is 2.28. The van der Waals surface area contributed by atoms with Gasteiger partial charge in [0.15, 0.2) is 0 Å². The van der Waals surface area contributed by atoms with Gasteiger partial charge in [0.25, 0.3) is 0 Å². The average Bonchev–Trinajstić information content (AvgIpc) is 3.27. The van der Waals surface area contributed by atoms with Gasteiger partial charge in [0.1, 0.15) is 6.33 Å². The lowest BCUT2D eigenvalue weighted by Crippen LogP contribution is -2.31. The van der Waals surface area contributed by atoms with Crippen molar-refractivity contribution >= 4 is 23.5 Å². The van der Waals surface area contributed by atoms with Gasteiger partial charge >= 0.3 is 6.03 Å². The number of nitrogens with one attached hydrogen (secondary N) is 2. The molecule has 1 fully saturated rings. The highest BCUT2D eigenvalue weighted by atomic mass is 32.2. The van der Waals surface area contributed by atoms with Gasteiger partial charge in [-0.2, -0.15) is 11.8 Å². The molecule has 2 amide bonds. The summed E-state index contributed by atoms with van der Waals surface area (Å²) >= 11 is 1.97. The number of carbonyl (C=O) groups is 1. The standard InChI is InChI=1S/C16H22N6OS/c1-12-6-7-13(22-11-18-20-21-22)10-15(12)19-16(23)17-8-9-24-14-4-2-3-5-14/h6-7,10-11,14H,2-5,8-9H2,1H3,(H2,17,19,23). The van der Waals surface area contributed by atoms with Gasteiger partial charge in [-0.15, -0.1) is 5.10 Å². The Bertz CT molecular complexity index is 669. The summed E-state index contributed by atoms with van der Waals surface area (Å²) in [6, 6.07) is 5.52. The van der Waals surface area contributed by atoms with E-state index in [1.54, 1.807) is 4.68 Å². The Morgan fingerprint density at radius 3 is 2.96 bits per heavy atom. The van der Waals surface area contributed by atoms with E-state index in [-0.39, 0.29) is 6.03 Å². The molecule has 2 aromatic rings. The van der Waals surface area contributed by atoms with E-state index in [2.05, 4.69) is 26.2 Å². The predicted molar refractivity (Wildman–Crippen MR) is 95.6 cm³/mol. The van der Waals surface area contributed by atoms with Crippen LogP contribution in [-0.2, 0) is 0 Å². The van der Waals surface area contributed by atoms with Gasteiger partial charge in [0.2, 0.25) is 0 Å². The molecule has 1 aromatic carbocycles. The number of benzene rings is 1. The summed E-state index contributed by atoms with van der Waals surface area (Å²) in [5.74, 6) is 0.960. The third-order valence-electron chi connectivity index (χ3n) is 4.13. The number of thioether (sulfide) groups is 1. The zero-order valence-electron chi connectivity index (χ0n) is 13.7. The first kappa shape index (κ1) is 16.8. The largest absolute Gasteiger partial charge is 0.337 e. The third kappa shape index (κ3) is 4.47. The quantitative estimate of drug-likeness (QED) is 0.786. The Labute approximate surface area is 145 Å². The van der Waals surface area contributed by atoms with Crippen molar-refractivity contribution in [2.75, 3.05) is 17.6 Å². The Kier molecular flexibility index (Phi) is 5.68. The van der Waals surface area contributed by atoms with E-state index < -0.39 is 0 Å². The molecule has 0 atom stereocenters. The smallest absolute Gasteiger partial charge is 0.319 e. The molecule has 128 valence electrons. The minimum atomic E-state index is -0.181. The fourth-order valence-electron chi connectivity index (χ4n) is 2.78. The number of urea groups is 1. The molecule has 0 bridgehead atoms. The summed E-state index contributed by atoms with van der Waals surface area (Å²) < 4.78 is 1.56. The van der Waals surface area contributed by atoms with Crippen LogP contribution in [0.25, 0.3) is 5.69 Å². The fourth-order valence-corrected chi connectivity index (χ4v) is 4.00. The second-order valence-corrected chi connectivity index (χ2v) is 7.32. The SMILES string of the molecule is Cc1ccc(-n2cnnn2)cc1NC(=O)NCCSC1CCCC1. The van der Waals surface area contributed by atoms with E-state index in [1.807, 2.05) is 36.9 Å². The second kappa shape index (κ2) is 8.14. The van der Waals surface area contributed by atoms with E-state index >= 15 is 0 Å². The van der Waals surface area contributed by atoms with Crippen molar-refractivity contribution in [2.45, 2.75) is 37.9 Å². The van der Waals surface area contributed by atoms with Crippen LogP contribution in [0.1, 0.15) is 31.2 Å². The monoisotopic (exact) mass is 346 g/mol. The fraction of sp³-hybridized carbons (Fsp3) is 0.500. The lowest BCUT2D eigenvalue weighted by molar-refractivity contribution is 0.252. The van der Waals surface area contributed by atoms with Crippen molar-refractivity contribution in [2.24, 2.45) is 0 Å². The lowest BCUT2D eigenvalue weighted by atomic mass is 10.2. The van der Waals surface area contributed by atoms with Gasteiger partial charge in [-0.1, -0.05) is 18.9 Å². The molecule has 0 spiro atoms. The Morgan fingerprint density at radius 1 is 1.38 bits per heavy atom. The summed E-state index contributed by atoms with van der Waals surface area (Å²) in [5.41, 5.74) is 2.55. The van der Waals surface area contributed by atoms with Crippen LogP contribution in [0.5, 0.6) is 0 Å². The first-order valence-electron chi connectivity index (χ1n) is 8.23. The van der Waals surface area contributed by atoms with E-state index in [1.165, 1.54) is 32.0 Å². The molecule has 1 saturated carbocycles. The van der Waals surface area contributed by atoms with Gasteiger partial charge in [-0.25, -0.2) is 9.48 Å². The number of tetrazole rings is 1. The number of aromatic nitrogens is 4. The minimum absolute atomic E-state index is 0.181. The van der Waals surface area contributed by atoms with Crippen LogP contribution in [0.4, 0.5) is 10.5 Å². The molecule has 24 heavy (non-hydrogen) atoms. The molecule has 0 aliphatic heterocycles. The first-order valence-corrected chi connectivity index (χ1v) is 9.28. The van der Waals surface area contributed by atoms with Crippen LogP contribution in [0, 0.1) is 6.92 Å². The number of aryl methyl sites for hydroxylation is 1. The number of hydrogen-bond acceptors (Lipinski definition) is 5. The molecule has 1 aliphatic rings. The summed E-state index contributed by atoms with van der Waals surface area (Å²) in [6.07, 6.45) is 6.86. The first-order chi connectivity index (χ1) is 11.7. The normalized spacial score (nSPS) is 14.7. The zero-order valence-corrected chi connectivity index (χ0v) is 14.6. The lowest BCUT2D eigenvalue weighted by Gasteiger charge is -2.12. The van der Waals surface area contributed by atoms with Crippen LogP contribution < -0.4 is 10.6 Å². The molecule has 0 radical (unpaired) electrons. The zero-order chi connectivity index (χ0) is 16.8. The summed E-state index contributed by atoms with van der Waals surface area (Å²) in [5, 5.41) is 17.7. The topological polar surface area (TPSA) is 84.7 Å². The molecule has 0 saturated heterocycles. The molecule has 3 rings (SSSR count). The third-order valence-corrected chi connectivity index (χ3v) is 5.51. The predicted octanol–water partition coefficient (Wildman–Crippen LogP) is 2.77. The highest BCUT2D eigenvalue weighted by molar-refractivity contribution is 7.99. The van der Waals surface area contributed by atoms with Crippen LogP contribution in [0.3, 0.4) is 0 Å². The minimum Gasteiger partial charge on any atom is -0.337 e. The molecule has 2 N–H and O–H groups in total. The van der Waals surface area contributed by atoms with Crippen LogP contribution >= 0.6 is 11.8 Å². The maximum atomic E-state index is 12.1. The Morgan fingerprint density at radius 2 is 2.21 bits per heavy atom. The van der Waals surface area contributed by atoms with Crippen molar-refractivity contribution in [1.82, 2.24) is 25.5 Å². The molecule has 1 aromatic heterocycles. The van der Waals surface area contributed by atoms with Gasteiger partial charge in [0.05, 0.1) is 5.69 Å². The number of nitrogens with zero attached hydrogens (tertiary/aromatic N) is 4. The molecule has 8 heteroatoms. The summed E-state index contributed by atoms with van der Waals surface area (Å²) in [6.45, 7) is 2.63.